The van der Waals surface area contributed by atoms with Crippen LogP contribution in [0, 0.1) is 0 Å². The Hall–Kier alpha value is -7.53. The molecule has 1 fully saturated rings. The zero-order chi connectivity index (χ0) is 51.2. The molecule has 1 unspecified atom stereocenters. The molecule has 0 bridgehead atoms. The molecule has 0 amide bonds. The Kier molecular flexibility index (Phi) is 13.1. The van der Waals surface area contributed by atoms with E-state index in [4.69, 9.17) is 28.8 Å². The van der Waals surface area contributed by atoms with Crippen molar-refractivity contribution in [2.24, 2.45) is 0 Å². The lowest BCUT2D eigenvalue weighted by molar-refractivity contribution is -0.0387. The van der Waals surface area contributed by atoms with Gasteiger partial charge in [-0.2, -0.15) is 5.10 Å². The molecule has 0 radical (unpaired) electrons. The van der Waals surface area contributed by atoms with Gasteiger partial charge in [0.1, 0.15) is 28.6 Å². The summed E-state index contributed by atoms with van der Waals surface area (Å²) < 4.78 is 31.1. The van der Waals surface area contributed by atoms with Gasteiger partial charge < -0.3 is 38.6 Å². The Balaban J connectivity index is 1.27. The van der Waals surface area contributed by atoms with Crippen molar-refractivity contribution in [3.05, 3.63) is 186 Å². The second kappa shape index (κ2) is 19.5. The van der Waals surface area contributed by atoms with Gasteiger partial charge in [-0.25, -0.2) is 4.68 Å². The Labute approximate surface area is 430 Å². The number of fused-ring (bicyclic) bond motifs is 3. The average Bonchev–Trinajstić information content (AvgIpc) is 3.98. The van der Waals surface area contributed by atoms with Crippen molar-refractivity contribution in [3.63, 3.8) is 0 Å². The van der Waals surface area contributed by atoms with Crippen LogP contribution < -0.4 is 28.7 Å². The first kappa shape index (κ1) is 49.1. The van der Waals surface area contributed by atoms with Crippen molar-refractivity contribution in [3.8, 4) is 45.4 Å². The van der Waals surface area contributed by atoms with Crippen LogP contribution in [0.1, 0.15) is 95.0 Å². The summed E-state index contributed by atoms with van der Waals surface area (Å²) in [5, 5.41) is 20.2. The van der Waals surface area contributed by atoms with Crippen molar-refractivity contribution in [1.29, 1.82) is 0 Å². The van der Waals surface area contributed by atoms with Gasteiger partial charge in [-0.15, -0.1) is 0 Å². The molecule has 1 N–H and O–H groups in total. The minimum atomic E-state index is -1.71. The Morgan fingerprint density at radius 3 is 1.26 bits per heavy atom. The predicted octanol–water partition coefficient (Wildman–Crippen LogP) is 15.1. The fourth-order valence-electron chi connectivity index (χ4n) is 10.3. The molecule has 10 heteroatoms. The number of hydrogen-bond acceptors (Lipinski definition) is 9. The lowest BCUT2D eigenvalue weighted by atomic mass is 9.77. The summed E-state index contributed by atoms with van der Waals surface area (Å²) in [5.41, 5.74) is 11.1. The molecule has 2 aliphatic rings. The standard InChI is InChI=1S/C63H66N4O6/c1-61(2,3)41-14-33-54(58-40-59(62(4,5)6)64-67(58)60-13-11-12-36-73-60)55(37-41)63(68)56-38-46(65(42-15-25-48(69-7)26-16-42)43-17-27-49(70-8)28-18-43)23-34-52(56)53-35-24-47(39-57(53)63)66(44-19-29-50(71-9)30-20-44)45-21-31-51(72-10)32-22-45/h14-35,37-40,60,68H,11-13,36H2,1-10H3. The van der Waals surface area contributed by atoms with Crippen molar-refractivity contribution in [2.75, 3.05) is 44.8 Å². The van der Waals surface area contributed by atoms with Crippen LogP contribution in [-0.4, -0.2) is 49.9 Å². The van der Waals surface area contributed by atoms with E-state index in [0.29, 0.717) is 6.61 Å². The fraction of sp³-hybridized carbons (Fsp3) is 0.286. The predicted molar refractivity (Wildman–Crippen MR) is 293 cm³/mol. The maximum Gasteiger partial charge on any atom is 0.150 e. The molecule has 374 valence electrons. The smallest absolute Gasteiger partial charge is 0.150 e. The lowest BCUT2D eigenvalue weighted by Gasteiger charge is -2.34. The van der Waals surface area contributed by atoms with E-state index >= 15 is 0 Å². The highest BCUT2D eigenvalue weighted by Crippen LogP contribution is 2.57. The molecular weight excluding hydrogens is 909 g/mol. The first-order valence-corrected chi connectivity index (χ1v) is 25.2. The maximum absolute atomic E-state index is 14.9. The molecule has 0 spiro atoms. The van der Waals surface area contributed by atoms with Gasteiger partial charge in [-0.1, -0.05) is 71.9 Å². The van der Waals surface area contributed by atoms with Crippen molar-refractivity contribution >= 4 is 34.1 Å². The average molecular weight is 975 g/mol. The zero-order valence-corrected chi connectivity index (χ0v) is 43.7. The number of anilines is 6. The summed E-state index contributed by atoms with van der Waals surface area (Å²) >= 11 is 0. The fourth-order valence-corrected chi connectivity index (χ4v) is 10.3. The molecule has 1 saturated heterocycles. The number of nitrogens with zero attached hydrogens (tertiary/aromatic N) is 4. The van der Waals surface area contributed by atoms with E-state index in [-0.39, 0.29) is 17.1 Å². The quantitative estimate of drug-likeness (QED) is 0.121. The zero-order valence-electron chi connectivity index (χ0n) is 43.7. The molecule has 8 aromatic rings. The number of ether oxygens (including phenoxy) is 5. The molecule has 10 nitrogen and oxygen atoms in total. The Bertz CT molecular complexity index is 2990. The molecule has 1 aliphatic heterocycles. The van der Waals surface area contributed by atoms with Crippen LogP contribution in [0.15, 0.2) is 158 Å². The van der Waals surface area contributed by atoms with Crippen LogP contribution in [-0.2, 0) is 21.2 Å². The molecule has 73 heavy (non-hydrogen) atoms. The second-order valence-electron chi connectivity index (χ2n) is 21.1. The number of methoxy groups -OCH3 is 4. The third-order valence-corrected chi connectivity index (χ3v) is 14.4. The summed E-state index contributed by atoms with van der Waals surface area (Å²) in [6, 6.07) is 54.1. The minimum Gasteiger partial charge on any atom is -0.497 e. The van der Waals surface area contributed by atoms with Crippen LogP contribution in [0.2, 0.25) is 0 Å². The maximum atomic E-state index is 14.9. The molecule has 0 saturated carbocycles. The molecule has 1 aliphatic carbocycles. The van der Waals surface area contributed by atoms with Crippen molar-refractivity contribution < 1.29 is 28.8 Å². The van der Waals surface area contributed by atoms with E-state index in [1.165, 1.54) is 0 Å². The van der Waals surface area contributed by atoms with Gasteiger partial charge in [0.15, 0.2) is 6.23 Å². The number of hydrogen-bond donors (Lipinski definition) is 1. The summed E-state index contributed by atoms with van der Waals surface area (Å²) in [6.45, 7) is 13.9. The summed E-state index contributed by atoms with van der Waals surface area (Å²) in [5.74, 6) is 3.02. The monoisotopic (exact) mass is 974 g/mol. The molecule has 10 rings (SSSR count). The van der Waals surface area contributed by atoms with Gasteiger partial charge in [0, 0.05) is 68.4 Å². The number of aliphatic hydroxyl groups is 1. The van der Waals surface area contributed by atoms with E-state index < -0.39 is 5.60 Å². The van der Waals surface area contributed by atoms with Gasteiger partial charge >= 0.3 is 0 Å². The third-order valence-electron chi connectivity index (χ3n) is 14.4. The van der Waals surface area contributed by atoms with Gasteiger partial charge in [-0.05, 0) is 169 Å². The van der Waals surface area contributed by atoms with Crippen LogP contribution in [0.4, 0.5) is 34.1 Å². The molecule has 2 heterocycles. The van der Waals surface area contributed by atoms with Gasteiger partial charge in [0.25, 0.3) is 0 Å². The third kappa shape index (κ3) is 9.19. The number of aromatic nitrogens is 2. The van der Waals surface area contributed by atoms with Crippen molar-refractivity contribution in [2.45, 2.75) is 83.5 Å². The lowest BCUT2D eigenvalue weighted by Crippen LogP contribution is -2.29. The van der Waals surface area contributed by atoms with Gasteiger partial charge in [0.05, 0.1) is 39.8 Å². The molecule has 1 aromatic heterocycles. The number of rotatable bonds is 13. The second-order valence-corrected chi connectivity index (χ2v) is 21.1. The SMILES string of the molecule is COc1ccc(N(c2ccc(OC)cc2)c2ccc3c(c2)C(O)(c2cc(C(C)(C)C)ccc2-c2cc(C(C)(C)C)nn2C2CCCCO2)c2cc(N(c4ccc(OC)cc4)c4ccc(OC)cc4)ccc2-3)cc1. The topological polar surface area (TPSA) is 90.7 Å². The highest BCUT2D eigenvalue weighted by Gasteiger charge is 2.47. The van der Waals surface area contributed by atoms with Crippen LogP contribution >= 0.6 is 0 Å². The summed E-state index contributed by atoms with van der Waals surface area (Å²) in [7, 11) is 6.71. The highest BCUT2D eigenvalue weighted by atomic mass is 16.5. The summed E-state index contributed by atoms with van der Waals surface area (Å²) in [4.78, 5) is 4.42. The van der Waals surface area contributed by atoms with Crippen LogP contribution in [0.5, 0.6) is 23.0 Å². The van der Waals surface area contributed by atoms with Gasteiger partial charge in [-0.3, -0.25) is 0 Å². The van der Waals surface area contributed by atoms with E-state index in [0.717, 1.165) is 127 Å². The minimum absolute atomic E-state index is 0.254. The van der Waals surface area contributed by atoms with Gasteiger partial charge in [0.2, 0.25) is 0 Å². The number of benzene rings is 7. The summed E-state index contributed by atoms with van der Waals surface area (Å²) in [6.07, 6.45) is 2.64. The normalized spacial score (nSPS) is 15.0. The molecule has 7 aromatic carbocycles. The molecule has 1 atom stereocenters. The Morgan fingerprint density at radius 2 is 0.890 bits per heavy atom. The largest absolute Gasteiger partial charge is 0.497 e. The first-order chi connectivity index (χ1) is 35.1. The van der Waals surface area contributed by atoms with E-state index in [1.807, 2.05) is 48.5 Å². The van der Waals surface area contributed by atoms with E-state index in [9.17, 15) is 5.11 Å². The molecular formula is C63H66N4O6. The first-order valence-electron chi connectivity index (χ1n) is 25.2. The van der Waals surface area contributed by atoms with Crippen LogP contribution in [0.25, 0.3) is 22.4 Å². The van der Waals surface area contributed by atoms with E-state index in [2.05, 4.69) is 165 Å². The Morgan fingerprint density at radius 1 is 0.493 bits per heavy atom. The van der Waals surface area contributed by atoms with E-state index in [1.54, 1.807) is 28.4 Å². The highest BCUT2D eigenvalue weighted by molar-refractivity contribution is 5.91. The van der Waals surface area contributed by atoms with Crippen LogP contribution in [0.3, 0.4) is 0 Å². The van der Waals surface area contributed by atoms with Crippen molar-refractivity contribution in [1.82, 2.24) is 9.78 Å².